The van der Waals surface area contributed by atoms with Crippen molar-refractivity contribution in [2.75, 3.05) is 11.9 Å². The van der Waals surface area contributed by atoms with E-state index in [1.54, 1.807) is 6.07 Å². The molecule has 2 atom stereocenters. The highest BCUT2D eigenvalue weighted by Gasteiger charge is 2.38. The molecule has 1 aliphatic carbocycles. The SMILES string of the molecule is CC1CC(Nc2cc(Cl)cc(Cl)c2)CN1C1CC1. The average Bonchev–Trinajstić information content (AvgIpc) is 3.02. The van der Waals surface area contributed by atoms with Gasteiger partial charge in [-0.2, -0.15) is 0 Å². The number of benzene rings is 1. The maximum Gasteiger partial charge on any atom is 0.0441 e. The number of rotatable bonds is 3. The Bertz CT molecular complexity index is 425. The van der Waals surface area contributed by atoms with E-state index in [0.717, 1.165) is 18.3 Å². The first-order chi connectivity index (χ1) is 8.61. The van der Waals surface area contributed by atoms with Crippen LogP contribution in [0.15, 0.2) is 18.2 Å². The first-order valence-electron chi connectivity index (χ1n) is 6.60. The normalized spacial score (nSPS) is 28.6. The predicted molar refractivity (Wildman–Crippen MR) is 77.7 cm³/mol. The lowest BCUT2D eigenvalue weighted by molar-refractivity contribution is 0.257. The quantitative estimate of drug-likeness (QED) is 0.902. The van der Waals surface area contributed by atoms with Crippen LogP contribution in [0.5, 0.6) is 0 Å². The fraction of sp³-hybridized carbons (Fsp3) is 0.571. The fourth-order valence-electron chi connectivity index (χ4n) is 2.95. The molecule has 0 bridgehead atoms. The number of likely N-dealkylation sites (tertiary alicyclic amines) is 1. The van der Waals surface area contributed by atoms with E-state index in [1.807, 2.05) is 12.1 Å². The molecule has 1 aromatic carbocycles. The Morgan fingerprint density at radius 3 is 2.44 bits per heavy atom. The third-order valence-corrected chi connectivity index (χ3v) is 4.31. The summed E-state index contributed by atoms with van der Waals surface area (Å²) >= 11 is 12.0. The van der Waals surface area contributed by atoms with Crippen LogP contribution >= 0.6 is 23.2 Å². The summed E-state index contributed by atoms with van der Waals surface area (Å²) < 4.78 is 0. The summed E-state index contributed by atoms with van der Waals surface area (Å²) in [5, 5.41) is 4.93. The minimum Gasteiger partial charge on any atom is -0.381 e. The highest BCUT2D eigenvalue weighted by atomic mass is 35.5. The predicted octanol–water partition coefficient (Wildman–Crippen LogP) is 4.03. The zero-order valence-electron chi connectivity index (χ0n) is 10.5. The van der Waals surface area contributed by atoms with E-state index in [1.165, 1.54) is 19.3 Å². The molecular formula is C14H18Cl2N2. The molecule has 0 radical (unpaired) electrons. The van der Waals surface area contributed by atoms with Crippen LogP contribution < -0.4 is 5.32 Å². The highest BCUT2D eigenvalue weighted by Crippen LogP contribution is 2.34. The average molecular weight is 285 g/mol. The number of nitrogens with zero attached hydrogens (tertiary/aromatic N) is 1. The molecule has 2 nitrogen and oxygen atoms in total. The number of halogens is 2. The maximum atomic E-state index is 6.02. The van der Waals surface area contributed by atoms with Gasteiger partial charge in [-0.05, 0) is 44.4 Å². The van der Waals surface area contributed by atoms with Crippen molar-refractivity contribution in [1.29, 1.82) is 0 Å². The van der Waals surface area contributed by atoms with Gasteiger partial charge in [-0.15, -0.1) is 0 Å². The van der Waals surface area contributed by atoms with Gasteiger partial charge in [0.25, 0.3) is 0 Å². The maximum absolute atomic E-state index is 6.02. The Balaban J connectivity index is 1.66. The van der Waals surface area contributed by atoms with Gasteiger partial charge in [0.2, 0.25) is 0 Å². The van der Waals surface area contributed by atoms with Gasteiger partial charge in [0.05, 0.1) is 0 Å². The monoisotopic (exact) mass is 284 g/mol. The number of hydrogen-bond donors (Lipinski definition) is 1. The first-order valence-corrected chi connectivity index (χ1v) is 7.36. The van der Waals surface area contributed by atoms with E-state index in [4.69, 9.17) is 23.2 Å². The van der Waals surface area contributed by atoms with E-state index in [2.05, 4.69) is 17.1 Å². The van der Waals surface area contributed by atoms with Gasteiger partial charge in [-0.25, -0.2) is 0 Å². The molecule has 0 aromatic heterocycles. The Kier molecular flexibility index (Phi) is 3.44. The molecule has 1 saturated heterocycles. The lowest BCUT2D eigenvalue weighted by Crippen LogP contribution is -2.31. The molecule has 1 heterocycles. The number of anilines is 1. The van der Waals surface area contributed by atoms with Gasteiger partial charge < -0.3 is 5.32 Å². The van der Waals surface area contributed by atoms with E-state index < -0.39 is 0 Å². The molecule has 0 amide bonds. The fourth-order valence-corrected chi connectivity index (χ4v) is 3.47. The highest BCUT2D eigenvalue weighted by molar-refractivity contribution is 6.35. The zero-order valence-corrected chi connectivity index (χ0v) is 12.0. The van der Waals surface area contributed by atoms with Crippen molar-refractivity contribution in [3.63, 3.8) is 0 Å². The van der Waals surface area contributed by atoms with Crippen molar-refractivity contribution in [3.8, 4) is 0 Å². The molecule has 18 heavy (non-hydrogen) atoms. The Morgan fingerprint density at radius 2 is 1.83 bits per heavy atom. The minimum atomic E-state index is 0.509. The van der Waals surface area contributed by atoms with Crippen LogP contribution in [0.3, 0.4) is 0 Å². The minimum absolute atomic E-state index is 0.509. The first kappa shape index (κ1) is 12.6. The van der Waals surface area contributed by atoms with Crippen molar-refractivity contribution < 1.29 is 0 Å². The second-order valence-electron chi connectivity index (χ2n) is 5.51. The molecule has 2 unspecified atom stereocenters. The topological polar surface area (TPSA) is 15.3 Å². The van der Waals surface area contributed by atoms with E-state index in [0.29, 0.717) is 22.1 Å². The van der Waals surface area contributed by atoms with Crippen LogP contribution in [0.1, 0.15) is 26.2 Å². The van der Waals surface area contributed by atoms with E-state index in [-0.39, 0.29) is 0 Å². The van der Waals surface area contributed by atoms with Crippen molar-refractivity contribution in [1.82, 2.24) is 4.90 Å². The largest absolute Gasteiger partial charge is 0.381 e. The van der Waals surface area contributed by atoms with Crippen LogP contribution in [-0.4, -0.2) is 29.6 Å². The van der Waals surface area contributed by atoms with Gasteiger partial charge in [0.15, 0.2) is 0 Å². The summed E-state index contributed by atoms with van der Waals surface area (Å²) in [7, 11) is 0. The molecular weight excluding hydrogens is 267 g/mol. The molecule has 1 aliphatic heterocycles. The summed E-state index contributed by atoms with van der Waals surface area (Å²) in [6.07, 6.45) is 3.95. The van der Waals surface area contributed by atoms with Gasteiger partial charge in [0.1, 0.15) is 0 Å². The summed E-state index contributed by atoms with van der Waals surface area (Å²) in [6.45, 7) is 3.46. The summed E-state index contributed by atoms with van der Waals surface area (Å²) in [6, 6.07) is 7.69. The van der Waals surface area contributed by atoms with E-state index >= 15 is 0 Å². The van der Waals surface area contributed by atoms with Gasteiger partial charge in [-0.3, -0.25) is 4.90 Å². The third-order valence-electron chi connectivity index (χ3n) is 3.87. The number of nitrogens with one attached hydrogen (secondary N) is 1. The van der Waals surface area contributed by atoms with Crippen LogP contribution in [0.2, 0.25) is 10.0 Å². The Morgan fingerprint density at radius 1 is 1.17 bits per heavy atom. The Hall–Kier alpha value is -0.440. The lowest BCUT2D eigenvalue weighted by atomic mass is 10.2. The molecule has 0 spiro atoms. The van der Waals surface area contributed by atoms with Gasteiger partial charge in [0, 0.05) is 40.4 Å². The molecule has 4 heteroatoms. The molecule has 1 N–H and O–H groups in total. The standard InChI is InChI=1S/C14H18Cl2N2/c1-9-4-13(8-18(9)14-2-3-14)17-12-6-10(15)5-11(16)7-12/h5-7,9,13-14,17H,2-4,8H2,1H3. The van der Waals surface area contributed by atoms with Crippen LogP contribution in [0, 0.1) is 0 Å². The van der Waals surface area contributed by atoms with Gasteiger partial charge >= 0.3 is 0 Å². The smallest absolute Gasteiger partial charge is 0.0441 e. The molecule has 2 aliphatic rings. The lowest BCUT2D eigenvalue weighted by Gasteiger charge is -2.20. The third kappa shape index (κ3) is 2.76. The summed E-state index contributed by atoms with van der Waals surface area (Å²) in [4.78, 5) is 2.63. The molecule has 3 rings (SSSR count). The van der Waals surface area contributed by atoms with Crippen LogP contribution in [-0.2, 0) is 0 Å². The molecule has 2 fully saturated rings. The summed E-state index contributed by atoms with van der Waals surface area (Å²) in [5.74, 6) is 0. The van der Waals surface area contributed by atoms with Crippen molar-refractivity contribution in [2.45, 2.75) is 44.3 Å². The zero-order chi connectivity index (χ0) is 12.7. The second kappa shape index (κ2) is 4.92. The Labute approximate surface area is 118 Å². The van der Waals surface area contributed by atoms with E-state index in [9.17, 15) is 0 Å². The van der Waals surface area contributed by atoms with Gasteiger partial charge in [-0.1, -0.05) is 23.2 Å². The van der Waals surface area contributed by atoms with Crippen molar-refractivity contribution in [3.05, 3.63) is 28.2 Å². The molecule has 1 saturated carbocycles. The van der Waals surface area contributed by atoms with Crippen molar-refractivity contribution >= 4 is 28.9 Å². The molecule has 1 aromatic rings. The molecule has 98 valence electrons. The van der Waals surface area contributed by atoms with Crippen molar-refractivity contribution in [2.24, 2.45) is 0 Å². The van der Waals surface area contributed by atoms with Crippen LogP contribution in [0.25, 0.3) is 0 Å². The number of hydrogen-bond acceptors (Lipinski definition) is 2. The van der Waals surface area contributed by atoms with Crippen LogP contribution in [0.4, 0.5) is 5.69 Å². The summed E-state index contributed by atoms with van der Waals surface area (Å²) in [5.41, 5.74) is 1.03. The second-order valence-corrected chi connectivity index (χ2v) is 6.38.